The number of thioether (sulfide) groups is 1. The van der Waals surface area contributed by atoms with Gasteiger partial charge in [-0.1, -0.05) is 66.2 Å². The van der Waals surface area contributed by atoms with Crippen LogP contribution in [-0.2, 0) is 0 Å². The molecule has 0 aromatic carbocycles. The molecule has 0 rings (SSSR count). The van der Waals surface area contributed by atoms with Crippen LogP contribution in [-0.4, -0.2) is 11.5 Å². The van der Waals surface area contributed by atoms with E-state index in [1.54, 1.807) is 0 Å². The highest BCUT2D eigenvalue weighted by Crippen LogP contribution is 2.23. The topological polar surface area (TPSA) is 0 Å². The number of unbranched alkanes of at least 4 members (excludes halogenated alkanes) is 2. The molecular weight excluding hydrogens is 224 g/mol. The Kier molecular flexibility index (Phi) is 13.1. The third-order valence-corrected chi connectivity index (χ3v) is 5.21. The Morgan fingerprint density at radius 2 is 1.12 bits per heavy atom. The molecule has 0 aliphatic rings. The lowest BCUT2D eigenvalue weighted by Gasteiger charge is -2.17. The minimum absolute atomic E-state index is 0.976. The van der Waals surface area contributed by atoms with Crippen LogP contribution in [0, 0.1) is 11.8 Å². The van der Waals surface area contributed by atoms with Crippen molar-refractivity contribution in [3.63, 3.8) is 0 Å². The molecule has 0 heterocycles. The van der Waals surface area contributed by atoms with Gasteiger partial charge in [0.2, 0.25) is 0 Å². The van der Waals surface area contributed by atoms with Gasteiger partial charge < -0.3 is 0 Å². The fourth-order valence-corrected chi connectivity index (χ4v) is 3.81. The average Bonchev–Trinajstić information content (AvgIpc) is 2.37. The summed E-state index contributed by atoms with van der Waals surface area (Å²) in [6.45, 7) is 9.32. The second-order valence-corrected chi connectivity index (χ2v) is 6.45. The molecule has 0 aliphatic carbocycles. The summed E-state index contributed by atoms with van der Waals surface area (Å²) in [6, 6.07) is 0. The molecule has 0 unspecified atom stereocenters. The highest BCUT2D eigenvalue weighted by molar-refractivity contribution is 7.99. The first kappa shape index (κ1) is 17.4. The normalized spacial score (nSPS) is 14.8. The molecule has 0 aliphatic heterocycles. The van der Waals surface area contributed by atoms with Crippen LogP contribution in [0.25, 0.3) is 0 Å². The summed E-state index contributed by atoms with van der Waals surface area (Å²) in [5.74, 6) is 4.75. The van der Waals surface area contributed by atoms with Gasteiger partial charge in [-0.3, -0.25) is 0 Å². The molecule has 0 N–H and O–H groups in total. The van der Waals surface area contributed by atoms with Crippen LogP contribution in [0.5, 0.6) is 0 Å². The highest BCUT2D eigenvalue weighted by atomic mass is 32.2. The summed E-state index contributed by atoms with van der Waals surface area (Å²) in [6.07, 6.45) is 11.2. The lowest BCUT2D eigenvalue weighted by molar-refractivity contribution is 0.489. The third-order valence-electron chi connectivity index (χ3n) is 3.79. The second-order valence-electron chi connectivity index (χ2n) is 5.37. The van der Waals surface area contributed by atoms with Crippen LogP contribution in [0.15, 0.2) is 0 Å². The van der Waals surface area contributed by atoms with E-state index in [1.807, 2.05) is 0 Å². The Balaban J connectivity index is 3.61. The SMILES string of the molecule is CCCC[C@@H](CC)CSC[C@@H](CC)CCCC. The van der Waals surface area contributed by atoms with Crippen molar-refractivity contribution >= 4 is 11.8 Å². The molecule has 0 nitrogen and oxygen atoms in total. The van der Waals surface area contributed by atoms with Crippen LogP contribution in [0.3, 0.4) is 0 Å². The molecule has 1 heteroatoms. The largest absolute Gasteiger partial charge is 0.161 e. The lowest BCUT2D eigenvalue weighted by Crippen LogP contribution is -2.07. The monoisotopic (exact) mass is 258 g/mol. The molecule has 0 aromatic heterocycles. The summed E-state index contributed by atoms with van der Waals surface area (Å²) in [7, 11) is 0. The molecule has 2 atom stereocenters. The summed E-state index contributed by atoms with van der Waals surface area (Å²) < 4.78 is 0. The first-order chi connectivity index (χ1) is 8.28. The lowest BCUT2D eigenvalue weighted by atomic mass is 10.0. The molecule has 0 radical (unpaired) electrons. The Morgan fingerprint density at radius 1 is 0.706 bits per heavy atom. The fourth-order valence-electron chi connectivity index (χ4n) is 2.20. The standard InChI is InChI=1S/C16H34S/c1-5-9-11-15(7-3)13-17-14-16(8-4)12-10-6-2/h15-16H,5-14H2,1-4H3/t15-,16+. The van der Waals surface area contributed by atoms with E-state index in [-0.39, 0.29) is 0 Å². The number of hydrogen-bond donors (Lipinski definition) is 0. The highest BCUT2D eigenvalue weighted by Gasteiger charge is 2.09. The summed E-state index contributed by atoms with van der Waals surface area (Å²) in [5.41, 5.74) is 0. The quantitative estimate of drug-likeness (QED) is 0.404. The zero-order valence-electron chi connectivity index (χ0n) is 12.6. The van der Waals surface area contributed by atoms with Crippen molar-refractivity contribution in [1.29, 1.82) is 0 Å². The van der Waals surface area contributed by atoms with Gasteiger partial charge in [0.15, 0.2) is 0 Å². The summed E-state index contributed by atoms with van der Waals surface area (Å²) >= 11 is 2.22. The molecule has 0 fully saturated rings. The van der Waals surface area contributed by atoms with Crippen molar-refractivity contribution in [1.82, 2.24) is 0 Å². The van der Waals surface area contributed by atoms with Crippen molar-refractivity contribution in [3.8, 4) is 0 Å². The van der Waals surface area contributed by atoms with Gasteiger partial charge in [-0.2, -0.15) is 11.8 Å². The molecule has 0 amide bonds. The maximum Gasteiger partial charge on any atom is -0.00391 e. The van der Waals surface area contributed by atoms with Crippen molar-refractivity contribution < 1.29 is 0 Å². The van der Waals surface area contributed by atoms with Gasteiger partial charge in [0.05, 0.1) is 0 Å². The first-order valence-corrected chi connectivity index (χ1v) is 9.01. The minimum Gasteiger partial charge on any atom is -0.161 e. The van der Waals surface area contributed by atoms with E-state index in [2.05, 4.69) is 39.5 Å². The van der Waals surface area contributed by atoms with Crippen molar-refractivity contribution in [3.05, 3.63) is 0 Å². The second kappa shape index (κ2) is 12.8. The Morgan fingerprint density at radius 3 is 1.41 bits per heavy atom. The Bertz CT molecular complexity index is 128. The van der Waals surface area contributed by atoms with E-state index in [0.717, 1.165) is 11.8 Å². The zero-order valence-corrected chi connectivity index (χ0v) is 13.5. The first-order valence-electron chi connectivity index (χ1n) is 7.86. The molecule has 104 valence electrons. The predicted molar refractivity (Wildman–Crippen MR) is 83.9 cm³/mol. The van der Waals surface area contributed by atoms with Gasteiger partial charge in [0.25, 0.3) is 0 Å². The molecule has 0 spiro atoms. The number of hydrogen-bond acceptors (Lipinski definition) is 1. The minimum atomic E-state index is 0.976. The average molecular weight is 259 g/mol. The fraction of sp³-hybridized carbons (Fsp3) is 1.00. The van der Waals surface area contributed by atoms with Crippen molar-refractivity contribution in [2.24, 2.45) is 11.8 Å². The van der Waals surface area contributed by atoms with Crippen LogP contribution >= 0.6 is 11.8 Å². The Hall–Kier alpha value is 0.350. The summed E-state index contributed by atoms with van der Waals surface area (Å²) in [4.78, 5) is 0. The summed E-state index contributed by atoms with van der Waals surface area (Å²) in [5, 5.41) is 0. The molecule has 17 heavy (non-hydrogen) atoms. The van der Waals surface area contributed by atoms with E-state index in [4.69, 9.17) is 0 Å². The Labute approximate surface area is 114 Å². The van der Waals surface area contributed by atoms with Crippen LogP contribution in [0.2, 0.25) is 0 Å². The maximum absolute atomic E-state index is 2.36. The predicted octanol–water partition coefficient (Wildman–Crippen LogP) is 6.15. The smallest absolute Gasteiger partial charge is 0.00391 e. The van der Waals surface area contributed by atoms with Gasteiger partial charge in [0.1, 0.15) is 0 Å². The molecule has 0 saturated carbocycles. The molecular formula is C16H34S. The number of rotatable bonds is 12. The van der Waals surface area contributed by atoms with Crippen LogP contribution in [0.1, 0.15) is 79.1 Å². The van der Waals surface area contributed by atoms with E-state index >= 15 is 0 Å². The van der Waals surface area contributed by atoms with E-state index in [1.165, 1.54) is 62.9 Å². The van der Waals surface area contributed by atoms with E-state index in [9.17, 15) is 0 Å². The zero-order chi connectivity index (χ0) is 12.9. The van der Waals surface area contributed by atoms with E-state index < -0.39 is 0 Å². The van der Waals surface area contributed by atoms with Gasteiger partial charge in [-0.05, 0) is 36.2 Å². The van der Waals surface area contributed by atoms with Gasteiger partial charge >= 0.3 is 0 Å². The molecule has 0 bridgehead atoms. The molecule has 0 aromatic rings. The van der Waals surface area contributed by atoms with Crippen LogP contribution < -0.4 is 0 Å². The maximum atomic E-state index is 2.36. The van der Waals surface area contributed by atoms with Crippen LogP contribution in [0.4, 0.5) is 0 Å². The van der Waals surface area contributed by atoms with Crippen molar-refractivity contribution in [2.75, 3.05) is 11.5 Å². The van der Waals surface area contributed by atoms with Crippen molar-refractivity contribution in [2.45, 2.75) is 79.1 Å². The van der Waals surface area contributed by atoms with E-state index in [0.29, 0.717) is 0 Å². The van der Waals surface area contributed by atoms with Gasteiger partial charge in [0, 0.05) is 0 Å². The molecule has 0 saturated heterocycles. The van der Waals surface area contributed by atoms with Gasteiger partial charge in [-0.15, -0.1) is 0 Å². The van der Waals surface area contributed by atoms with Gasteiger partial charge in [-0.25, -0.2) is 0 Å². The third kappa shape index (κ3) is 10.00.